The predicted octanol–water partition coefficient (Wildman–Crippen LogP) is 1.90. The number of methoxy groups -OCH3 is 1. The summed E-state index contributed by atoms with van der Waals surface area (Å²) in [6.45, 7) is 0. The van der Waals surface area contributed by atoms with E-state index in [1.54, 1.807) is 43.5 Å². The first-order valence-electron chi connectivity index (χ1n) is 8.10. The summed E-state index contributed by atoms with van der Waals surface area (Å²) in [5.74, 6) is 0.595. The highest BCUT2D eigenvalue weighted by Crippen LogP contribution is 2.18. The van der Waals surface area contributed by atoms with Gasteiger partial charge in [0, 0.05) is 36.6 Å². The molecule has 0 aliphatic rings. The largest absolute Gasteiger partial charge is 0.497 e. The van der Waals surface area contributed by atoms with Gasteiger partial charge in [0.15, 0.2) is 0 Å². The zero-order chi connectivity index (χ0) is 19.6. The van der Waals surface area contributed by atoms with Crippen molar-refractivity contribution in [3.63, 3.8) is 0 Å². The fraction of sp³-hybridized carbons (Fsp3) is 0.158. The predicted molar refractivity (Wildman–Crippen MR) is 100 cm³/mol. The Morgan fingerprint density at radius 2 is 1.81 bits per heavy atom. The maximum atomic E-state index is 12.7. The number of nitrogens with two attached hydrogens (primary N) is 1. The molecule has 0 bridgehead atoms. The first-order chi connectivity index (χ1) is 12.8. The summed E-state index contributed by atoms with van der Waals surface area (Å²) in [6.07, 6.45) is 1.69. The lowest BCUT2D eigenvalue weighted by Gasteiger charge is -2.08. The summed E-state index contributed by atoms with van der Waals surface area (Å²) in [4.78, 5) is 16.8. The molecular weight excluding hydrogens is 366 g/mol. The molecule has 140 valence electrons. The van der Waals surface area contributed by atoms with E-state index in [0.717, 1.165) is 5.69 Å². The molecular formula is C19H19N3O4S. The van der Waals surface area contributed by atoms with Crippen LogP contribution in [-0.2, 0) is 23.5 Å². The average molecular weight is 385 g/mol. The zero-order valence-corrected chi connectivity index (χ0v) is 15.7. The molecule has 2 heterocycles. The number of rotatable bonds is 6. The van der Waals surface area contributed by atoms with Crippen molar-refractivity contribution in [2.24, 2.45) is 12.2 Å². The molecule has 0 unspecified atom stereocenters. The Balaban J connectivity index is 1.81. The number of nitrogens with zero attached hydrogens (tertiary/aromatic N) is 2. The van der Waals surface area contributed by atoms with Crippen molar-refractivity contribution >= 4 is 15.8 Å². The van der Waals surface area contributed by atoms with E-state index in [0.29, 0.717) is 29.1 Å². The second kappa shape index (κ2) is 7.34. The number of ketones is 1. The van der Waals surface area contributed by atoms with E-state index in [-0.39, 0.29) is 10.7 Å². The van der Waals surface area contributed by atoms with Crippen LogP contribution in [0.4, 0.5) is 0 Å². The molecule has 2 aromatic heterocycles. The lowest BCUT2D eigenvalue weighted by atomic mass is 10.1. The molecule has 1 aromatic carbocycles. The van der Waals surface area contributed by atoms with E-state index < -0.39 is 10.0 Å². The van der Waals surface area contributed by atoms with Gasteiger partial charge in [-0.2, -0.15) is 0 Å². The highest BCUT2D eigenvalue weighted by molar-refractivity contribution is 7.89. The van der Waals surface area contributed by atoms with Crippen molar-refractivity contribution in [3.8, 4) is 5.75 Å². The summed E-state index contributed by atoms with van der Waals surface area (Å²) >= 11 is 0. The highest BCUT2D eigenvalue weighted by Gasteiger charge is 2.16. The van der Waals surface area contributed by atoms with Crippen LogP contribution in [0, 0.1) is 0 Å². The number of carbonyl (C=O) groups excluding carboxylic acids is 1. The van der Waals surface area contributed by atoms with E-state index in [1.165, 1.54) is 12.3 Å². The Hall–Kier alpha value is -2.97. The van der Waals surface area contributed by atoms with E-state index in [1.807, 2.05) is 17.7 Å². The number of hydrogen-bond acceptors (Lipinski definition) is 5. The van der Waals surface area contributed by atoms with E-state index in [2.05, 4.69) is 4.98 Å². The Morgan fingerprint density at radius 3 is 2.37 bits per heavy atom. The average Bonchev–Trinajstić information content (AvgIpc) is 3.01. The monoisotopic (exact) mass is 385 g/mol. The molecule has 3 aromatic rings. The maximum absolute atomic E-state index is 12.7. The fourth-order valence-corrected chi connectivity index (χ4v) is 3.18. The van der Waals surface area contributed by atoms with E-state index >= 15 is 0 Å². The van der Waals surface area contributed by atoms with Crippen LogP contribution in [0.2, 0.25) is 0 Å². The second-order valence-electron chi connectivity index (χ2n) is 6.03. The lowest BCUT2D eigenvalue weighted by molar-refractivity contribution is 0.103. The summed E-state index contributed by atoms with van der Waals surface area (Å²) in [6, 6.07) is 13.6. The number of hydrogen-bond donors (Lipinski definition) is 1. The molecule has 0 radical (unpaired) electrons. The van der Waals surface area contributed by atoms with Crippen LogP contribution in [0.3, 0.4) is 0 Å². The molecule has 27 heavy (non-hydrogen) atoms. The van der Waals surface area contributed by atoms with Gasteiger partial charge in [0.05, 0.1) is 12.8 Å². The van der Waals surface area contributed by atoms with E-state index in [9.17, 15) is 13.2 Å². The van der Waals surface area contributed by atoms with Crippen LogP contribution in [0.15, 0.2) is 59.6 Å². The van der Waals surface area contributed by atoms with Gasteiger partial charge in [-0.15, -0.1) is 0 Å². The molecule has 0 aliphatic carbocycles. The van der Waals surface area contributed by atoms with Gasteiger partial charge >= 0.3 is 0 Å². The summed E-state index contributed by atoms with van der Waals surface area (Å²) in [5, 5.41) is 5.08. The minimum absolute atomic E-state index is 0.0338. The number of ether oxygens (including phenoxy) is 1. The Labute approximate surface area is 157 Å². The first-order valence-corrected chi connectivity index (χ1v) is 9.65. The molecule has 3 rings (SSSR count). The van der Waals surface area contributed by atoms with Crippen LogP contribution < -0.4 is 9.88 Å². The minimum atomic E-state index is -3.76. The molecule has 0 saturated heterocycles. The van der Waals surface area contributed by atoms with Gasteiger partial charge in [-0.25, -0.2) is 13.6 Å². The number of pyridine rings is 1. The smallest absolute Gasteiger partial charge is 0.239 e. The zero-order valence-electron chi connectivity index (χ0n) is 14.9. The van der Waals surface area contributed by atoms with Crippen LogP contribution in [0.25, 0.3) is 0 Å². The third-order valence-electron chi connectivity index (χ3n) is 4.30. The molecule has 0 amide bonds. The van der Waals surface area contributed by atoms with Gasteiger partial charge in [-0.05, 0) is 48.5 Å². The third-order valence-corrected chi connectivity index (χ3v) is 5.20. The second-order valence-corrected chi connectivity index (χ2v) is 7.60. The quantitative estimate of drug-likeness (QED) is 0.653. The van der Waals surface area contributed by atoms with Crippen molar-refractivity contribution in [3.05, 3.63) is 77.4 Å². The molecule has 0 fully saturated rings. The normalized spacial score (nSPS) is 11.4. The molecule has 7 nitrogen and oxygen atoms in total. The number of sulfonamides is 1. The van der Waals surface area contributed by atoms with Gasteiger partial charge in [-0.1, -0.05) is 0 Å². The maximum Gasteiger partial charge on any atom is 0.239 e. The van der Waals surface area contributed by atoms with Crippen molar-refractivity contribution in [1.29, 1.82) is 0 Å². The number of benzene rings is 1. The minimum Gasteiger partial charge on any atom is -0.497 e. The van der Waals surface area contributed by atoms with Gasteiger partial charge in [-0.3, -0.25) is 9.78 Å². The third kappa shape index (κ3) is 4.07. The van der Waals surface area contributed by atoms with Crippen LogP contribution in [0.1, 0.15) is 27.4 Å². The van der Waals surface area contributed by atoms with Gasteiger partial charge in [0.1, 0.15) is 10.6 Å². The lowest BCUT2D eigenvalue weighted by Crippen LogP contribution is -2.13. The number of primary sulfonamides is 1. The summed E-state index contributed by atoms with van der Waals surface area (Å²) in [7, 11) is -0.381. The topological polar surface area (TPSA) is 104 Å². The van der Waals surface area contributed by atoms with Gasteiger partial charge in [0.2, 0.25) is 15.8 Å². The molecule has 8 heteroatoms. The Bertz CT molecular complexity index is 1070. The van der Waals surface area contributed by atoms with Gasteiger partial charge < -0.3 is 9.30 Å². The first kappa shape index (κ1) is 18.8. The molecule has 0 aliphatic heterocycles. The van der Waals surface area contributed by atoms with Crippen molar-refractivity contribution < 1.29 is 17.9 Å². The highest BCUT2D eigenvalue weighted by atomic mass is 32.2. The van der Waals surface area contributed by atoms with E-state index in [4.69, 9.17) is 9.88 Å². The van der Waals surface area contributed by atoms with Gasteiger partial charge in [0.25, 0.3) is 0 Å². The SMILES string of the molecule is COc1ccc(C(=O)c2ccc(Cc3ccc(S(N)(=O)=O)cn3)n2C)cc1. The Kier molecular flexibility index (Phi) is 5.11. The number of aromatic nitrogens is 2. The van der Waals surface area contributed by atoms with Crippen LogP contribution >= 0.6 is 0 Å². The Morgan fingerprint density at radius 1 is 1.11 bits per heavy atom. The van der Waals surface area contributed by atoms with Crippen LogP contribution in [-0.4, -0.2) is 30.9 Å². The summed E-state index contributed by atoms with van der Waals surface area (Å²) < 4.78 is 29.5. The molecule has 0 atom stereocenters. The van der Waals surface area contributed by atoms with Crippen molar-refractivity contribution in [1.82, 2.24) is 9.55 Å². The molecule has 0 spiro atoms. The van der Waals surface area contributed by atoms with Crippen LogP contribution in [0.5, 0.6) is 5.75 Å². The molecule has 0 saturated carbocycles. The fourth-order valence-electron chi connectivity index (χ4n) is 2.72. The standard InChI is InChI=1S/C19H19N3O4S/c1-22-15(11-14-5-9-17(12-21-14)27(20,24)25)6-10-18(22)19(23)13-3-7-16(26-2)8-4-13/h3-10,12H,11H2,1-2H3,(H2,20,24,25). The number of carbonyl (C=O) groups is 1. The van der Waals surface area contributed by atoms with Crippen molar-refractivity contribution in [2.45, 2.75) is 11.3 Å². The molecule has 2 N–H and O–H groups in total. The summed E-state index contributed by atoms with van der Waals surface area (Å²) in [5.41, 5.74) is 2.67. The van der Waals surface area contributed by atoms with Crippen molar-refractivity contribution in [2.75, 3.05) is 7.11 Å².